The molecule has 0 amide bonds. The molecule has 0 fully saturated rings. The van der Waals surface area contributed by atoms with Gasteiger partial charge in [-0.1, -0.05) is 18.2 Å². The standard InChI is InChI=1S/C16H18N2O3/c1-11-7-8-15(16(9-11)21-3)17-12(2)13-5-4-6-14(10-13)18(19)20/h4-10,12,17H,1-3H3. The molecular weight excluding hydrogens is 268 g/mol. The lowest BCUT2D eigenvalue weighted by Gasteiger charge is -2.18. The zero-order valence-electron chi connectivity index (χ0n) is 12.3. The third kappa shape index (κ3) is 3.51. The molecule has 5 nitrogen and oxygen atoms in total. The smallest absolute Gasteiger partial charge is 0.269 e. The minimum absolute atomic E-state index is 0.0680. The summed E-state index contributed by atoms with van der Waals surface area (Å²) in [6.07, 6.45) is 0. The summed E-state index contributed by atoms with van der Waals surface area (Å²) >= 11 is 0. The molecule has 0 aliphatic rings. The van der Waals surface area contributed by atoms with Crippen molar-refractivity contribution in [2.24, 2.45) is 0 Å². The molecule has 21 heavy (non-hydrogen) atoms. The molecular formula is C16H18N2O3. The average Bonchev–Trinajstić information content (AvgIpc) is 2.49. The molecule has 0 aliphatic heterocycles. The van der Waals surface area contributed by atoms with Crippen LogP contribution in [-0.4, -0.2) is 12.0 Å². The second-order valence-electron chi connectivity index (χ2n) is 4.92. The van der Waals surface area contributed by atoms with Gasteiger partial charge in [-0.05, 0) is 37.1 Å². The number of benzene rings is 2. The number of non-ortho nitro benzene ring substituents is 1. The van der Waals surface area contributed by atoms with E-state index in [1.54, 1.807) is 19.2 Å². The molecule has 0 saturated carbocycles. The molecule has 2 aromatic carbocycles. The molecule has 2 rings (SSSR count). The maximum Gasteiger partial charge on any atom is 0.269 e. The van der Waals surface area contributed by atoms with Crippen LogP contribution in [0.5, 0.6) is 5.75 Å². The molecule has 1 unspecified atom stereocenters. The molecule has 0 radical (unpaired) electrons. The van der Waals surface area contributed by atoms with Gasteiger partial charge in [0, 0.05) is 18.2 Å². The van der Waals surface area contributed by atoms with Gasteiger partial charge in [0.2, 0.25) is 0 Å². The fraction of sp³-hybridized carbons (Fsp3) is 0.250. The summed E-state index contributed by atoms with van der Waals surface area (Å²) in [6.45, 7) is 3.95. The van der Waals surface area contributed by atoms with Gasteiger partial charge in [-0.15, -0.1) is 0 Å². The number of nitro groups is 1. The lowest BCUT2D eigenvalue weighted by molar-refractivity contribution is -0.384. The summed E-state index contributed by atoms with van der Waals surface area (Å²) in [5.74, 6) is 0.757. The van der Waals surface area contributed by atoms with Gasteiger partial charge in [0.1, 0.15) is 5.75 Å². The van der Waals surface area contributed by atoms with Crippen LogP contribution >= 0.6 is 0 Å². The SMILES string of the molecule is COc1cc(C)ccc1NC(C)c1cccc([N+](=O)[O-])c1. The van der Waals surface area contributed by atoms with Crippen molar-refractivity contribution < 1.29 is 9.66 Å². The van der Waals surface area contributed by atoms with Crippen LogP contribution in [0.1, 0.15) is 24.1 Å². The van der Waals surface area contributed by atoms with E-state index in [9.17, 15) is 10.1 Å². The van der Waals surface area contributed by atoms with E-state index >= 15 is 0 Å². The van der Waals surface area contributed by atoms with Gasteiger partial charge in [0.15, 0.2) is 0 Å². The van der Waals surface area contributed by atoms with E-state index in [-0.39, 0.29) is 16.7 Å². The van der Waals surface area contributed by atoms with Gasteiger partial charge in [-0.2, -0.15) is 0 Å². The Balaban J connectivity index is 2.23. The molecule has 1 atom stereocenters. The monoisotopic (exact) mass is 286 g/mol. The predicted molar refractivity (Wildman–Crippen MR) is 82.9 cm³/mol. The summed E-state index contributed by atoms with van der Waals surface area (Å²) in [6, 6.07) is 12.4. The van der Waals surface area contributed by atoms with Crippen molar-refractivity contribution in [2.75, 3.05) is 12.4 Å². The fourth-order valence-electron chi connectivity index (χ4n) is 2.14. The number of hydrogen-bond acceptors (Lipinski definition) is 4. The van der Waals surface area contributed by atoms with Gasteiger partial charge < -0.3 is 10.1 Å². The largest absolute Gasteiger partial charge is 0.495 e. The number of nitrogens with zero attached hydrogens (tertiary/aromatic N) is 1. The molecule has 0 spiro atoms. The number of nitro benzene ring substituents is 1. The second kappa shape index (κ2) is 6.26. The average molecular weight is 286 g/mol. The Labute approximate surface area is 123 Å². The van der Waals surface area contributed by atoms with Crippen LogP contribution in [0.3, 0.4) is 0 Å². The first-order valence-electron chi connectivity index (χ1n) is 6.67. The number of ether oxygens (including phenoxy) is 1. The Hall–Kier alpha value is -2.56. The summed E-state index contributed by atoms with van der Waals surface area (Å²) in [4.78, 5) is 10.5. The first-order chi connectivity index (χ1) is 10.0. The van der Waals surface area contributed by atoms with E-state index in [0.717, 1.165) is 22.6 Å². The summed E-state index contributed by atoms with van der Waals surface area (Å²) in [7, 11) is 1.62. The van der Waals surface area contributed by atoms with E-state index in [0.29, 0.717) is 0 Å². The Bertz CT molecular complexity index is 656. The second-order valence-corrected chi connectivity index (χ2v) is 4.92. The zero-order valence-corrected chi connectivity index (χ0v) is 12.3. The fourth-order valence-corrected chi connectivity index (χ4v) is 2.14. The van der Waals surface area contributed by atoms with Crippen LogP contribution in [0.25, 0.3) is 0 Å². The van der Waals surface area contributed by atoms with Crippen molar-refractivity contribution in [2.45, 2.75) is 19.9 Å². The van der Waals surface area contributed by atoms with E-state index in [1.807, 2.05) is 38.1 Å². The number of anilines is 1. The lowest BCUT2D eigenvalue weighted by atomic mass is 10.1. The van der Waals surface area contributed by atoms with Gasteiger partial charge >= 0.3 is 0 Å². The molecule has 0 aliphatic carbocycles. The highest BCUT2D eigenvalue weighted by molar-refractivity contribution is 5.59. The van der Waals surface area contributed by atoms with Crippen LogP contribution < -0.4 is 10.1 Å². The molecule has 0 heterocycles. The van der Waals surface area contributed by atoms with E-state index < -0.39 is 0 Å². The molecule has 0 saturated heterocycles. The molecule has 2 aromatic rings. The third-order valence-electron chi connectivity index (χ3n) is 3.31. The quantitative estimate of drug-likeness (QED) is 0.664. The number of rotatable bonds is 5. The van der Waals surface area contributed by atoms with Crippen molar-refractivity contribution >= 4 is 11.4 Å². The molecule has 0 bridgehead atoms. The lowest BCUT2D eigenvalue weighted by Crippen LogP contribution is -2.08. The maximum atomic E-state index is 10.8. The van der Waals surface area contributed by atoms with Crippen LogP contribution in [0.4, 0.5) is 11.4 Å². The van der Waals surface area contributed by atoms with Crippen LogP contribution in [0, 0.1) is 17.0 Å². The highest BCUT2D eigenvalue weighted by Gasteiger charge is 2.12. The van der Waals surface area contributed by atoms with Crippen molar-refractivity contribution in [1.29, 1.82) is 0 Å². The summed E-state index contributed by atoms with van der Waals surface area (Å²) < 4.78 is 5.35. The van der Waals surface area contributed by atoms with Crippen LogP contribution in [-0.2, 0) is 0 Å². The van der Waals surface area contributed by atoms with Crippen LogP contribution in [0.2, 0.25) is 0 Å². The molecule has 110 valence electrons. The van der Waals surface area contributed by atoms with Crippen molar-refractivity contribution in [1.82, 2.24) is 0 Å². The summed E-state index contributed by atoms with van der Waals surface area (Å²) in [5, 5.41) is 14.2. The maximum absolute atomic E-state index is 10.8. The number of hydrogen-bond donors (Lipinski definition) is 1. The predicted octanol–water partition coefficient (Wildman–Crippen LogP) is 4.08. The van der Waals surface area contributed by atoms with Crippen molar-refractivity contribution in [3.63, 3.8) is 0 Å². The van der Waals surface area contributed by atoms with Gasteiger partial charge in [-0.25, -0.2) is 0 Å². The Morgan fingerprint density at radius 3 is 2.67 bits per heavy atom. The Morgan fingerprint density at radius 2 is 2.00 bits per heavy atom. The first kappa shape index (κ1) is 14.8. The van der Waals surface area contributed by atoms with Gasteiger partial charge in [0.25, 0.3) is 5.69 Å². The Kier molecular flexibility index (Phi) is 4.42. The topological polar surface area (TPSA) is 64.4 Å². The van der Waals surface area contributed by atoms with Gasteiger partial charge in [0.05, 0.1) is 17.7 Å². The minimum atomic E-state index is -0.386. The molecule has 1 N–H and O–H groups in total. The minimum Gasteiger partial charge on any atom is -0.495 e. The van der Waals surface area contributed by atoms with E-state index in [4.69, 9.17) is 4.74 Å². The van der Waals surface area contributed by atoms with E-state index in [2.05, 4.69) is 5.32 Å². The third-order valence-corrected chi connectivity index (χ3v) is 3.31. The number of aryl methyl sites for hydroxylation is 1. The van der Waals surface area contributed by atoms with Crippen molar-refractivity contribution in [3.8, 4) is 5.75 Å². The molecule has 0 aromatic heterocycles. The van der Waals surface area contributed by atoms with Crippen LogP contribution in [0.15, 0.2) is 42.5 Å². The first-order valence-corrected chi connectivity index (χ1v) is 6.67. The molecule has 5 heteroatoms. The van der Waals surface area contributed by atoms with E-state index in [1.165, 1.54) is 6.07 Å². The number of nitrogens with one attached hydrogen (secondary N) is 1. The Morgan fingerprint density at radius 1 is 1.24 bits per heavy atom. The number of methoxy groups -OCH3 is 1. The highest BCUT2D eigenvalue weighted by Crippen LogP contribution is 2.29. The highest BCUT2D eigenvalue weighted by atomic mass is 16.6. The van der Waals surface area contributed by atoms with Gasteiger partial charge in [-0.3, -0.25) is 10.1 Å². The summed E-state index contributed by atoms with van der Waals surface area (Å²) in [5.41, 5.74) is 2.92. The van der Waals surface area contributed by atoms with Crippen molar-refractivity contribution in [3.05, 3.63) is 63.7 Å². The zero-order chi connectivity index (χ0) is 15.4. The normalized spacial score (nSPS) is 11.8.